The highest BCUT2D eigenvalue weighted by atomic mass is 32.2. The maximum absolute atomic E-state index is 11.8. The number of nitrogens with one attached hydrogen (secondary N) is 2. The molecule has 2 aliphatic rings. The lowest BCUT2D eigenvalue weighted by atomic mass is 9.94. The molecular weight excluding hydrogens is 316 g/mol. The van der Waals surface area contributed by atoms with Crippen molar-refractivity contribution in [1.82, 2.24) is 10.0 Å². The molecule has 9 nitrogen and oxygen atoms in total. The minimum Gasteiger partial charge on any atom is -0.388 e. The molecule has 0 aromatic rings. The van der Waals surface area contributed by atoms with Crippen molar-refractivity contribution < 1.29 is 33.3 Å². The minimum atomic E-state index is -3.87. The number of hydrogen-bond donors (Lipinski definition) is 5. The van der Waals surface area contributed by atoms with Gasteiger partial charge in [0.1, 0.15) is 18.3 Å². The molecule has 1 saturated carbocycles. The fraction of sp³-hybridized carbons (Fsp3) is 0.917. The normalized spacial score (nSPS) is 35.9. The lowest BCUT2D eigenvalue weighted by molar-refractivity contribution is -0.217. The molecule has 22 heavy (non-hydrogen) atoms. The van der Waals surface area contributed by atoms with Crippen LogP contribution in [0.25, 0.3) is 0 Å². The van der Waals surface area contributed by atoms with Gasteiger partial charge in [0.2, 0.25) is 10.0 Å². The lowest BCUT2D eigenvalue weighted by Gasteiger charge is -2.39. The lowest BCUT2D eigenvalue weighted by Crippen LogP contribution is -2.57. The highest BCUT2D eigenvalue weighted by Crippen LogP contribution is 2.23. The molecular formula is C12H22N2O7S. The molecule has 5 N–H and O–H groups in total. The molecule has 2 fully saturated rings. The molecule has 1 saturated heterocycles. The summed E-state index contributed by atoms with van der Waals surface area (Å²) in [7, 11) is -3.87. The average molecular weight is 338 g/mol. The summed E-state index contributed by atoms with van der Waals surface area (Å²) >= 11 is 0. The number of ether oxygens (including phenoxy) is 1. The Morgan fingerprint density at radius 1 is 1.18 bits per heavy atom. The van der Waals surface area contributed by atoms with Crippen molar-refractivity contribution >= 4 is 16.1 Å². The Balaban J connectivity index is 1.83. The van der Waals surface area contributed by atoms with Crippen LogP contribution in [0.15, 0.2) is 0 Å². The molecule has 0 aromatic carbocycles. The summed E-state index contributed by atoms with van der Waals surface area (Å²) in [5.74, 6) is -0.442. The smallest absolute Gasteiger partial charge is 0.328 e. The summed E-state index contributed by atoms with van der Waals surface area (Å²) < 4.78 is 30.8. The van der Waals surface area contributed by atoms with E-state index >= 15 is 0 Å². The summed E-state index contributed by atoms with van der Waals surface area (Å²) in [6.07, 6.45) is -4.11. The average Bonchev–Trinajstić information content (AvgIpc) is 3.22. The van der Waals surface area contributed by atoms with Crippen LogP contribution in [0.2, 0.25) is 0 Å². The van der Waals surface area contributed by atoms with E-state index in [1.165, 1.54) is 6.92 Å². The number of carbonyl (C=O) groups is 1. The Bertz CT molecular complexity index is 508. The summed E-state index contributed by atoms with van der Waals surface area (Å²) in [6, 6.07) is -0.729. The van der Waals surface area contributed by atoms with Crippen molar-refractivity contribution in [3.05, 3.63) is 0 Å². The zero-order chi connectivity index (χ0) is 16.5. The van der Waals surface area contributed by atoms with Crippen LogP contribution in [0.5, 0.6) is 0 Å². The molecule has 1 aliphatic carbocycles. The van der Waals surface area contributed by atoms with E-state index in [1.54, 1.807) is 0 Å². The zero-order valence-corrected chi connectivity index (χ0v) is 13.0. The van der Waals surface area contributed by atoms with Crippen molar-refractivity contribution in [1.29, 1.82) is 0 Å². The van der Waals surface area contributed by atoms with Gasteiger partial charge < -0.3 is 25.4 Å². The molecule has 10 heteroatoms. The molecule has 0 aromatic heterocycles. The van der Waals surface area contributed by atoms with E-state index in [4.69, 9.17) is 4.74 Å². The van der Waals surface area contributed by atoms with E-state index in [0.717, 1.165) is 12.8 Å². The molecule has 2 rings (SSSR count). The molecule has 128 valence electrons. The van der Waals surface area contributed by atoms with Crippen LogP contribution in [0.3, 0.4) is 0 Å². The first-order chi connectivity index (χ1) is 10.2. The first-order valence-corrected chi connectivity index (χ1v) is 8.85. The van der Waals surface area contributed by atoms with E-state index in [2.05, 4.69) is 5.32 Å². The molecule has 0 spiro atoms. The van der Waals surface area contributed by atoms with E-state index in [9.17, 15) is 28.5 Å². The Morgan fingerprint density at radius 2 is 1.82 bits per heavy atom. The van der Waals surface area contributed by atoms with Gasteiger partial charge in [0.05, 0.1) is 18.0 Å². The topological polar surface area (TPSA) is 145 Å². The van der Waals surface area contributed by atoms with Crippen molar-refractivity contribution in [2.24, 2.45) is 0 Å². The zero-order valence-electron chi connectivity index (χ0n) is 12.2. The minimum absolute atomic E-state index is 0.0381. The third-order valence-corrected chi connectivity index (χ3v) is 5.05. The Kier molecular flexibility index (Phi) is 5.28. The van der Waals surface area contributed by atoms with Crippen molar-refractivity contribution in [2.75, 3.05) is 5.75 Å². The first kappa shape index (κ1) is 17.4. The van der Waals surface area contributed by atoms with Gasteiger partial charge in [-0.05, 0) is 26.2 Å². The number of aliphatic hydroxyl groups is 3. The fourth-order valence-corrected chi connectivity index (χ4v) is 3.27. The van der Waals surface area contributed by atoms with E-state index in [1.807, 2.05) is 4.72 Å². The Labute approximate surface area is 128 Å². The van der Waals surface area contributed by atoms with E-state index < -0.39 is 52.3 Å². The third-order valence-electron chi connectivity index (χ3n) is 3.78. The Hall–Kier alpha value is -0.940. The van der Waals surface area contributed by atoms with Gasteiger partial charge in [0.25, 0.3) is 0 Å². The third kappa shape index (κ3) is 4.53. The monoisotopic (exact) mass is 338 g/mol. The predicted molar refractivity (Wildman–Crippen MR) is 75.4 cm³/mol. The van der Waals surface area contributed by atoms with Crippen LogP contribution >= 0.6 is 0 Å². The summed E-state index contributed by atoms with van der Waals surface area (Å²) in [5, 5.41) is 31.5. The molecule has 2 amide bonds. The summed E-state index contributed by atoms with van der Waals surface area (Å²) in [6.45, 7) is 1.52. The number of carbonyl (C=O) groups excluding carboxylic acids is 1. The van der Waals surface area contributed by atoms with Crippen LogP contribution in [0.4, 0.5) is 4.79 Å². The number of aliphatic hydroxyl groups excluding tert-OH is 3. The number of amides is 2. The predicted octanol–water partition coefficient (Wildman–Crippen LogP) is -1.96. The summed E-state index contributed by atoms with van der Waals surface area (Å²) in [5.41, 5.74) is 0. The summed E-state index contributed by atoms with van der Waals surface area (Å²) in [4.78, 5) is 11.4. The SMILES string of the molecule is CC1O[C@H](CCS(=O)(=O)NC(=O)NC2CC2)[C@@H](O)[C@H](O)[C@@H]1O. The molecule has 0 bridgehead atoms. The maximum atomic E-state index is 11.8. The van der Waals surface area contributed by atoms with Crippen LogP contribution in [-0.4, -0.2) is 72.1 Å². The van der Waals surface area contributed by atoms with Crippen molar-refractivity contribution in [3.8, 4) is 0 Å². The van der Waals surface area contributed by atoms with Crippen LogP contribution in [-0.2, 0) is 14.8 Å². The van der Waals surface area contributed by atoms with Gasteiger partial charge in [-0.1, -0.05) is 0 Å². The van der Waals surface area contributed by atoms with Gasteiger partial charge in [-0.25, -0.2) is 17.9 Å². The number of hydrogen-bond acceptors (Lipinski definition) is 7. The van der Waals surface area contributed by atoms with Gasteiger partial charge in [-0.15, -0.1) is 0 Å². The van der Waals surface area contributed by atoms with Crippen LogP contribution in [0.1, 0.15) is 26.2 Å². The second-order valence-corrected chi connectivity index (χ2v) is 7.65. The highest BCUT2D eigenvalue weighted by molar-refractivity contribution is 7.90. The van der Waals surface area contributed by atoms with Crippen LogP contribution in [0, 0.1) is 0 Å². The van der Waals surface area contributed by atoms with Crippen molar-refractivity contribution in [2.45, 2.75) is 62.7 Å². The largest absolute Gasteiger partial charge is 0.388 e. The number of sulfonamides is 1. The molecule has 1 unspecified atom stereocenters. The first-order valence-electron chi connectivity index (χ1n) is 7.20. The second-order valence-electron chi connectivity index (χ2n) is 5.81. The maximum Gasteiger partial charge on any atom is 0.328 e. The molecule has 1 aliphatic heterocycles. The molecule has 5 atom stereocenters. The fourth-order valence-electron chi connectivity index (χ4n) is 2.28. The molecule has 0 radical (unpaired) electrons. The van der Waals surface area contributed by atoms with E-state index in [0.29, 0.717) is 0 Å². The van der Waals surface area contributed by atoms with Crippen LogP contribution < -0.4 is 10.0 Å². The van der Waals surface area contributed by atoms with Gasteiger partial charge in [0, 0.05) is 6.04 Å². The number of rotatable bonds is 5. The standard InChI is InChI=1S/C12H22N2O7S/c1-6-9(15)11(17)10(16)8(21-6)4-5-22(19,20)14-12(18)13-7-2-3-7/h6-11,15-17H,2-5H2,1H3,(H2,13,14,18)/t6?,8-,9-,10-,11-/m1/s1. The molecule has 1 heterocycles. The van der Waals surface area contributed by atoms with Gasteiger partial charge >= 0.3 is 6.03 Å². The number of urea groups is 1. The van der Waals surface area contributed by atoms with Crippen molar-refractivity contribution in [3.63, 3.8) is 0 Å². The Morgan fingerprint density at radius 3 is 2.41 bits per heavy atom. The van der Waals surface area contributed by atoms with Gasteiger partial charge in [-0.2, -0.15) is 0 Å². The highest BCUT2D eigenvalue weighted by Gasteiger charge is 2.41. The quantitative estimate of drug-likeness (QED) is 0.391. The van der Waals surface area contributed by atoms with Gasteiger partial charge in [-0.3, -0.25) is 0 Å². The van der Waals surface area contributed by atoms with E-state index in [-0.39, 0.29) is 12.5 Å². The second kappa shape index (κ2) is 6.67. The van der Waals surface area contributed by atoms with Gasteiger partial charge in [0.15, 0.2) is 0 Å².